The molecule has 0 aliphatic carbocycles. The van der Waals surface area contributed by atoms with Gasteiger partial charge in [0.15, 0.2) is 0 Å². The van der Waals surface area contributed by atoms with Crippen molar-refractivity contribution >= 4 is 46.0 Å². The van der Waals surface area contributed by atoms with E-state index in [0.717, 1.165) is 23.1 Å². The number of carbonyl (C=O) groups excluding carboxylic acids is 1. The molecule has 1 saturated heterocycles. The van der Waals surface area contributed by atoms with Gasteiger partial charge in [-0.15, -0.1) is 0 Å². The number of nitro groups is 1. The predicted octanol–water partition coefficient (Wildman–Crippen LogP) is 3.85. The number of thioether (sulfide) groups is 1. The van der Waals surface area contributed by atoms with Crippen molar-refractivity contribution < 1.29 is 19.2 Å². The van der Waals surface area contributed by atoms with Crippen LogP contribution in [-0.2, 0) is 4.79 Å². The Morgan fingerprint density at radius 3 is 2.54 bits per heavy atom. The predicted molar refractivity (Wildman–Crippen MR) is 112 cm³/mol. The molecule has 0 bridgehead atoms. The van der Waals surface area contributed by atoms with Gasteiger partial charge in [0.25, 0.3) is 11.6 Å². The summed E-state index contributed by atoms with van der Waals surface area (Å²) in [5, 5.41) is 13.6. The summed E-state index contributed by atoms with van der Waals surface area (Å²) in [4.78, 5) is 22.8. The van der Waals surface area contributed by atoms with Crippen molar-refractivity contribution in [2.45, 2.75) is 6.92 Å². The van der Waals surface area contributed by atoms with Crippen LogP contribution in [0.5, 0.6) is 11.5 Å². The van der Waals surface area contributed by atoms with Crippen LogP contribution in [0, 0.1) is 17.0 Å². The number of carbonyl (C=O) groups is 1. The van der Waals surface area contributed by atoms with Gasteiger partial charge in [-0.3, -0.25) is 14.9 Å². The molecule has 0 unspecified atom stereocenters. The molecule has 1 aliphatic heterocycles. The molecule has 1 heterocycles. The third-order valence-corrected chi connectivity index (χ3v) is 4.99. The van der Waals surface area contributed by atoms with Crippen LogP contribution in [0.3, 0.4) is 0 Å². The summed E-state index contributed by atoms with van der Waals surface area (Å²) in [6.07, 6.45) is 1.53. The lowest BCUT2D eigenvalue weighted by Gasteiger charge is -2.12. The number of benzene rings is 2. The number of para-hydroxylation sites is 1. The van der Waals surface area contributed by atoms with Gasteiger partial charge in [-0.25, -0.2) is 0 Å². The monoisotopic (exact) mass is 416 g/mol. The van der Waals surface area contributed by atoms with E-state index in [9.17, 15) is 14.9 Å². The lowest BCUT2D eigenvalue weighted by atomic mass is 10.1. The van der Waals surface area contributed by atoms with Gasteiger partial charge in [-0.2, -0.15) is 0 Å². The van der Waals surface area contributed by atoms with Crippen LogP contribution in [0.15, 0.2) is 47.4 Å². The van der Waals surface area contributed by atoms with Gasteiger partial charge < -0.3 is 14.8 Å². The van der Waals surface area contributed by atoms with Crippen LogP contribution >= 0.6 is 24.0 Å². The van der Waals surface area contributed by atoms with Gasteiger partial charge in [0.05, 0.1) is 9.83 Å². The van der Waals surface area contributed by atoms with Gasteiger partial charge in [-0.1, -0.05) is 42.2 Å². The van der Waals surface area contributed by atoms with E-state index in [2.05, 4.69) is 5.32 Å². The van der Waals surface area contributed by atoms with E-state index in [0.29, 0.717) is 27.1 Å². The third-order valence-electron chi connectivity index (χ3n) is 3.82. The maximum Gasteiger partial charge on any atom is 0.270 e. The second-order valence-electron chi connectivity index (χ2n) is 5.79. The molecule has 1 fully saturated rings. The minimum atomic E-state index is -0.500. The summed E-state index contributed by atoms with van der Waals surface area (Å²) in [6, 6.07) is 11.9. The number of hydrogen-bond acceptors (Lipinski definition) is 7. The van der Waals surface area contributed by atoms with E-state index in [1.807, 2.05) is 31.2 Å². The van der Waals surface area contributed by atoms with Crippen LogP contribution < -0.4 is 14.8 Å². The fourth-order valence-electron chi connectivity index (χ4n) is 2.48. The molecule has 0 radical (unpaired) electrons. The number of rotatable bonds is 7. The zero-order chi connectivity index (χ0) is 20.1. The summed E-state index contributed by atoms with van der Waals surface area (Å²) in [5.41, 5.74) is 1.34. The largest absolute Gasteiger partial charge is 0.490 e. The summed E-state index contributed by atoms with van der Waals surface area (Å²) < 4.78 is 11.8. The molecule has 9 heteroatoms. The van der Waals surface area contributed by atoms with E-state index >= 15 is 0 Å². The fourth-order valence-corrected chi connectivity index (χ4v) is 3.51. The molecule has 0 spiro atoms. The third kappa shape index (κ3) is 4.87. The lowest BCUT2D eigenvalue weighted by Crippen LogP contribution is -2.17. The molecule has 3 rings (SSSR count). The van der Waals surface area contributed by atoms with Crippen molar-refractivity contribution in [2.75, 3.05) is 13.2 Å². The van der Waals surface area contributed by atoms with Crippen LogP contribution in [0.4, 0.5) is 5.69 Å². The number of nitrogens with zero attached hydrogens (tertiary/aromatic N) is 1. The molecular weight excluding hydrogens is 400 g/mol. The molecular formula is C19H16N2O5S2. The van der Waals surface area contributed by atoms with Crippen LogP contribution in [-0.4, -0.2) is 28.4 Å². The zero-order valence-corrected chi connectivity index (χ0v) is 16.5. The van der Waals surface area contributed by atoms with E-state index in [4.69, 9.17) is 21.7 Å². The summed E-state index contributed by atoms with van der Waals surface area (Å²) in [6.45, 7) is 2.49. The second-order valence-corrected chi connectivity index (χ2v) is 7.51. The van der Waals surface area contributed by atoms with Crippen molar-refractivity contribution in [3.8, 4) is 11.5 Å². The Morgan fingerprint density at radius 1 is 1.18 bits per heavy atom. The number of amides is 1. The van der Waals surface area contributed by atoms with Gasteiger partial charge >= 0.3 is 0 Å². The molecule has 2 aromatic rings. The topological polar surface area (TPSA) is 90.7 Å². The first-order valence-corrected chi connectivity index (χ1v) is 9.51. The first-order valence-electron chi connectivity index (χ1n) is 8.28. The minimum absolute atomic E-state index is 0.0960. The SMILES string of the molecule is Cc1ccccc1OCCOc1ccc([N+](=O)[O-])cc1C=C1SC(=S)NC1=O. The van der Waals surface area contributed by atoms with Gasteiger partial charge in [0.1, 0.15) is 29.0 Å². The van der Waals surface area contributed by atoms with Crippen molar-refractivity contribution in [3.63, 3.8) is 0 Å². The first kappa shape index (κ1) is 19.8. The molecule has 1 N–H and O–H groups in total. The van der Waals surface area contributed by atoms with Crippen LogP contribution in [0.2, 0.25) is 0 Å². The number of non-ortho nitro benzene ring substituents is 1. The normalized spacial score (nSPS) is 14.8. The number of thiocarbonyl (C=S) groups is 1. The molecule has 0 aromatic heterocycles. The quantitative estimate of drug-likeness (QED) is 0.241. The molecule has 0 saturated carbocycles. The minimum Gasteiger partial charge on any atom is -0.490 e. The van der Waals surface area contributed by atoms with Crippen molar-refractivity contribution in [1.82, 2.24) is 5.32 Å². The summed E-state index contributed by atoms with van der Waals surface area (Å²) in [7, 11) is 0. The molecule has 1 amide bonds. The Kier molecular flexibility index (Phi) is 6.27. The number of nitro benzene ring substituents is 1. The molecule has 2 aromatic carbocycles. The van der Waals surface area contributed by atoms with Gasteiger partial charge in [0.2, 0.25) is 0 Å². The molecule has 144 valence electrons. The van der Waals surface area contributed by atoms with Crippen LogP contribution in [0.1, 0.15) is 11.1 Å². The smallest absolute Gasteiger partial charge is 0.270 e. The Balaban J connectivity index is 1.74. The maximum absolute atomic E-state index is 11.9. The Morgan fingerprint density at radius 2 is 1.89 bits per heavy atom. The number of aryl methyl sites for hydroxylation is 1. The summed E-state index contributed by atoms with van der Waals surface area (Å²) >= 11 is 6.07. The number of nitrogens with one attached hydrogen (secondary N) is 1. The van der Waals surface area contributed by atoms with Crippen molar-refractivity contribution in [3.05, 3.63) is 68.6 Å². The Bertz CT molecular complexity index is 975. The first-order chi connectivity index (χ1) is 13.4. The van der Waals surface area contributed by atoms with E-state index in [1.165, 1.54) is 24.3 Å². The average molecular weight is 416 g/mol. The van der Waals surface area contributed by atoms with E-state index in [1.54, 1.807) is 0 Å². The summed E-state index contributed by atoms with van der Waals surface area (Å²) in [5.74, 6) is 0.845. The van der Waals surface area contributed by atoms with Crippen molar-refractivity contribution in [1.29, 1.82) is 0 Å². The van der Waals surface area contributed by atoms with Crippen LogP contribution in [0.25, 0.3) is 6.08 Å². The number of ether oxygens (including phenoxy) is 2. The van der Waals surface area contributed by atoms with E-state index < -0.39 is 4.92 Å². The highest BCUT2D eigenvalue weighted by molar-refractivity contribution is 8.26. The Hall–Kier alpha value is -2.91. The maximum atomic E-state index is 11.9. The Labute approximate surface area is 170 Å². The second kappa shape index (κ2) is 8.85. The zero-order valence-electron chi connectivity index (χ0n) is 14.8. The highest BCUT2D eigenvalue weighted by Gasteiger charge is 2.23. The van der Waals surface area contributed by atoms with E-state index in [-0.39, 0.29) is 18.2 Å². The average Bonchev–Trinajstić information content (AvgIpc) is 2.98. The highest BCUT2D eigenvalue weighted by Crippen LogP contribution is 2.31. The molecule has 1 aliphatic rings. The molecule has 0 atom stereocenters. The molecule has 28 heavy (non-hydrogen) atoms. The van der Waals surface area contributed by atoms with Gasteiger partial charge in [0, 0.05) is 17.7 Å². The molecule has 7 nitrogen and oxygen atoms in total. The fraction of sp³-hybridized carbons (Fsp3) is 0.158. The standard InChI is InChI=1S/C19H16N2O5S2/c1-12-4-2-3-5-15(12)25-8-9-26-16-7-6-14(21(23)24)10-13(16)11-17-18(22)20-19(27)28-17/h2-7,10-11H,8-9H2,1H3,(H,20,22,27). The number of hydrogen-bond donors (Lipinski definition) is 1. The highest BCUT2D eigenvalue weighted by atomic mass is 32.2. The van der Waals surface area contributed by atoms with Gasteiger partial charge in [-0.05, 0) is 30.7 Å². The lowest BCUT2D eigenvalue weighted by molar-refractivity contribution is -0.384. The van der Waals surface area contributed by atoms with Crippen molar-refractivity contribution in [2.24, 2.45) is 0 Å².